The zero-order valence-electron chi connectivity index (χ0n) is 17.4. The van der Waals surface area contributed by atoms with E-state index in [0.29, 0.717) is 13.2 Å². The lowest BCUT2D eigenvalue weighted by Crippen LogP contribution is -2.37. The smallest absolute Gasteiger partial charge is 0.475 e. The molecule has 0 radical (unpaired) electrons. The van der Waals surface area contributed by atoms with E-state index in [4.69, 9.17) is 29.0 Å². The number of ether oxygens (including phenoxy) is 1. The van der Waals surface area contributed by atoms with Gasteiger partial charge in [0.1, 0.15) is 17.4 Å². The monoisotopic (exact) mass is 502 g/mol. The van der Waals surface area contributed by atoms with Gasteiger partial charge in [-0.25, -0.2) is 19.6 Å². The number of aliphatic carboxylic acids is 2. The molecule has 0 amide bonds. The molecule has 0 bridgehead atoms. The molecular weight excluding hydrogens is 482 g/mol. The number of aromatic nitrogens is 2. The summed E-state index contributed by atoms with van der Waals surface area (Å²) in [5.41, 5.74) is 0. The van der Waals surface area contributed by atoms with E-state index in [9.17, 15) is 26.3 Å². The number of likely N-dealkylation sites (N-methyl/N-ethyl adjacent to an activating group) is 1. The minimum Gasteiger partial charge on any atom is -0.475 e. The Morgan fingerprint density at radius 2 is 1.74 bits per heavy atom. The van der Waals surface area contributed by atoms with E-state index < -0.39 is 24.3 Å². The standard InChI is InChI=1S/C14H18N4O2.2C2HF3O2/c1-18-6-8-19-10-12(18)14-15-5-4-13(17-14)16-9-11-3-2-7-20-11;2*3-2(4,5)1(6)7/h2-5,7,12H,6,8-10H2,1H3,(H,15,16,17);2*(H,6,7). The number of alkyl halides is 6. The van der Waals surface area contributed by atoms with Crippen LogP contribution in [0.25, 0.3) is 0 Å². The predicted octanol–water partition coefficient (Wildman–Crippen LogP) is 2.95. The quantitative estimate of drug-likeness (QED) is 0.535. The highest BCUT2D eigenvalue weighted by Gasteiger charge is 2.38. The van der Waals surface area contributed by atoms with Crippen LogP contribution in [0, 0.1) is 0 Å². The van der Waals surface area contributed by atoms with Gasteiger partial charge in [0.25, 0.3) is 0 Å². The molecule has 3 rings (SSSR count). The summed E-state index contributed by atoms with van der Waals surface area (Å²) in [4.78, 5) is 28.9. The highest BCUT2D eigenvalue weighted by atomic mass is 19.4. The fraction of sp³-hybridized carbons (Fsp3) is 0.444. The van der Waals surface area contributed by atoms with Crippen LogP contribution >= 0.6 is 0 Å². The molecule has 0 saturated carbocycles. The molecule has 3 N–H and O–H groups in total. The fourth-order valence-electron chi connectivity index (χ4n) is 2.18. The normalized spacial score (nSPS) is 16.4. The second kappa shape index (κ2) is 12.7. The second-order valence-electron chi connectivity index (χ2n) is 6.41. The molecule has 190 valence electrons. The molecule has 1 atom stereocenters. The van der Waals surface area contributed by atoms with E-state index >= 15 is 0 Å². The minimum absolute atomic E-state index is 0.120. The molecule has 3 heterocycles. The molecule has 0 aliphatic carbocycles. The molecule has 1 unspecified atom stereocenters. The van der Waals surface area contributed by atoms with Crippen molar-refractivity contribution < 1.29 is 55.3 Å². The molecule has 1 aliphatic heterocycles. The molecule has 1 saturated heterocycles. The minimum atomic E-state index is -5.08. The average molecular weight is 502 g/mol. The van der Waals surface area contributed by atoms with E-state index in [1.165, 1.54) is 0 Å². The number of carboxylic acids is 2. The maximum absolute atomic E-state index is 10.6. The first-order valence-electron chi connectivity index (χ1n) is 9.19. The van der Waals surface area contributed by atoms with Crippen LogP contribution in [-0.2, 0) is 20.9 Å². The Hall–Kier alpha value is -3.40. The molecule has 10 nitrogen and oxygen atoms in total. The van der Waals surface area contributed by atoms with Crippen LogP contribution in [0.1, 0.15) is 17.6 Å². The van der Waals surface area contributed by atoms with Gasteiger partial charge < -0.3 is 24.7 Å². The maximum atomic E-state index is 10.6. The SMILES string of the molecule is CN1CCOCC1c1nccc(NCc2ccco2)n1.O=C(O)C(F)(F)F.O=C(O)C(F)(F)F. The van der Waals surface area contributed by atoms with E-state index in [-0.39, 0.29) is 6.04 Å². The van der Waals surface area contributed by atoms with Crippen molar-refractivity contribution in [3.05, 3.63) is 42.2 Å². The Labute approximate surface area is 188 Å². The molecule has 34 heavy (non-hydrogen) atoms. The molecular formula is C18H20F6N4O6. The highest BCUT2D eigenvalue weighted by molar-refractivity contribution is 5.73. The van der Waals surface area contributed by atoms with Crippen molar-refractivity contribution in [2.45, 2.75) is 24.9 Å². The van der Waals surface area contributed by atoms with Crippen molar-refractivity contribution in [2.24, 2.45) is 0 Å². The van der Waals surface area contributed by atoms with Gasteiger partial charge >= 0.3 is 24.3 Å². The second-order valence-corrected chi connectivity index (χ2v) is 6.41. The van der Waals surface area contributed by atoms with Gasteiger partial charge in [0.15, 0.2) is 0 Å². The van der Waals surface area contributed by atoms with Crippen LogP contribution in [0.3, 0.4) is 0 Å². The summed E-state index contributed by atoms with van der Waals surface area (Å²) in [7, 11) is 2.07. The molecule has 2 aromatic heterocycles. The van der Waals surface area contributed by atoms with Crippen LogP contribution in [0.5, 0.6) is 0 Å². The Morgan fingerprint density at radius 1 is 1.15 bits per heavy atom. The Bertz CT molecular complexity index is 883. The Morgan fingerprint density at radius 3 is 2.21 bits per heavy atom. The highest BCUT2D eigenvalue weighted by Crippen LogP contribution is 2.20. The molecule has 1 fully saturated rings. The lowest BCUT2D eigenvalue weighted by molar-refractivity contribution is -0.193. The number of carboxylic acid groups (broad SMARTS) is 2. The summed E-state index contributed by atoms with van der Waals surface area (Å²) >= 11 is 0. The summed E-state index contributed by atoms with van der Waals surface area (Å²) < 4.78 is 74.3. The zero-order valence-corrected chi connectivity index (χ0v) is 17.4. The topological polar surface area (TPSA) is 138 Å². The molecule has 2 aromatic rings. The van der Waals surface area contributed by atoms with Gasteiger partial charge in [0.05, 0.1) is 32.1 Å². The average Bonchev–Trinajstić information content (AvgIpc) is 3.26. The summed E-state index contributed by atoms with van der Waals surface area (Å²) in [6.45, 7) is 2.92. The van der Waals surface area contributed by atoms with Crippen molar-refractivity contribution in [1.82, 2.24) is 14.9 Å². The molecule has 1 aliphatic rings. The van der Waals surface area contributed by atoms with Gasteiger partial charge in [-0.05, 0) is 25.2 Å². The zero-order chi connectivity index (χ0) is 25.9. The maximum Gasteiger partial charge on any atom is 0.490 e. The van der Waals surface area contributed by atoms with Crippen molar-refractivity contribution in [2.75, 3.05) is 32.1 Å². The first kappa shape index (κ1) is 28.6. The summed E-state index contributed by atoms with van der Waals surface area (Å²) in [5.74, 6) is -3.05. The number of nitrogens with zero attached hydrogens (tertiary/aromatic N) is 3. The van der Waals surface area contributed by atoms with Crippen LogP contribution in [0.15, 0.2) is 35.1 Å². The van der Waals surface area contributed by atoms with Gasteiger partial charge in [0.2, 0.25) is 0 Å². The largest absolute Gasteiger partial charge is 0.490 e. The van der Waals surface area contributed by atoms with E-state index in [1.54, 1.807) is 12.5 Å². The molecule has 0 spiro atoms. The van der Waals surface area contributed by atoms with Crippen LogP contribution in [-0.4, -0.2) is 76.2 Å². The summed E-state index contributed by atoms with van der Waals surface area (Å²) in [6, 6.07) is 5.78. The number of furan rings is 1. The fourth-order valence-corrected chi connectivity index (χ4v) is 2.18. The van der Waals surface area contributed by atoms with Crippen LogP contribution in [0.2, 0.25) is 0 Å². The van der Waals surface area contributed by atoms with Gasteiger partial charge in [-0.3, -0.25) is 4.90 Å². The number of rotatable bonds is 4. The third-order valence-electron chi connectivity index (χ3n) is 3.88. The lowest BCUT2D eigenvalue weighted by atomic mass is 10.2. The number of carbonyl (C=O) groups is 2. The third kappa shape index (κ3) is 10.5. The predicted molar refractivity (Wildman–Crippen MR) is 102 cm³/mol. The Kier molecular flexibility index (Phi) is 10.7. The first-order chi connectivity index (χ1) is 15.7. The van der Waals surface area contributed by atoms with Crippen LogP contribution in [0.4, 0.5) is 32.2 Å². The van der Waals surface area contributed by atoms with Crippen molar-refractivity contribution in [3.8, 4) is 0 Å². The molecule has 16 heteroatoms. The first-order valence-corrected chi connectivity index (χ1v) is 9.19. The van der Waals surface area contributed by atoms with Gasteiger partial charge in [-0.1, -0.05) is 0 Å². The van der Waals surface area contributed by atoms with Gasteiger partial charge in [-0.2, -0.15) is 26.3 Å². The molecule has 0 aromatic carbocycles. The lowest BCUT2D eigenvalue weighted by Gasteiger charge is -2.31. The van der Waals surface area contributed by atoms with Gasteiger partial charge in [0, 0.05) is 12.7 Å². The van der Waals surface area contributed by atoms with E-state index in [2.05, 4.69) is 27.2 Å². The van der Waals surface area contributed by atoms with E-state index in [0.717, 1.165) is 30.6 Å². The van der Waals surface area contributed by atoms with Crippen molar-refractivity contribution in [3.63, 3.8) is 0 Å². The van der Waals surface area contributed by atoms with Crippen molar-refractivity contribution >= 4 is 17.8 Å². The van der Waals surface area contributed by atoms with Crippen LogP contribution < -0.4 is 5.32 Å². The number of halogens is 6. The summed E-state index contributed by atoms with van der Waals surface area (Å²) in [5, 5.41) is 17.5. The summed E-state index contributed by atoms with van der Waals surface area (Å²) in [6.07, 6.45) is -6.73. The van der Waals surface area contributed by atoms with Gasteiger partial charge in [-0.15, -0.1) is 0 Å². The number of anilines is 1. The number of nitrogens with one attached hydrogen (secondary N) is 1. The Balaban J connectivity index is 0.000000343. The van der Waals surface area contributed by atoms with Crippen molar-refractivity contribution in [1.29, 1.82) is 0 Å². The number of hydrogen-bond donors (Lipinski definition) is 3. The third-order valence-corrected chi connectivity index (χ3v) is 3.88. The number of hydrogen-bond acceptors (Lipinski definition) is 8. The number of morpholine rings is 1. The van der Waals surface area contributed by atoms with E-state index in [1.807, 2.05) is 18.2 Å².